The molecule has 6 aliphatic heterocycles. The molecular weight excluding hydrogens is 1750 g/mol. The van der Waals surface area contributed by atoms with Crippen molar-refractivity contribution < 1.29 is 74.2 Å². The number of ether oxygens (including phenoxy) is 2. The molecule has 2 amide bonds. The van der Waals surface area contributed by atoms with Gasteiger partial charge in [0.05, 0.1) is 41.7 Å². The summed E-state index contributed by atoms with van der Waals surface area (Å²) in [5, 5.41) is 16.0. The molecule has 15 heterocycles. The zero-order chi connectivity index (χ0) is 89.5. The van der Waals surface area contributed by atoms with Crippen molar-refractivity contribution in [2.75, 3.05) is 74.9 Å². The fourth-order valence-corrected chi connectivity index (χ4v) is 17.0. The minimum absolute atomic E-state index is 0. The van der Waals surface area contributed by atoms with Crippen molar-refractivity contribution in [3.05, 3.63) is 178 Å². The molecule has 6 aliphatic rings. The van der Waals surface area contributed by atoms with E-state index in [0.717, 1.165) is 125 Å². The van der Waals surface area contributed by atoms with Gasteiger partial charge in [-0.3, -0.25) is 14.6 Å². The van der Waals surface area contributed by atoms with E-state index in [1.165, 1.54) is 35.1 Å². The van der Waals surface area contributed by atoms with Gasteiger partial charge in [-0.25, -0.2) is 95.7 Å². The molecule has 12 aromatic rings. The number of rotatable bonds is 14. The minimum atomic E-state index is -0.655. The van der Waals surface area contributed by atoms with Crippen LogP contribution in [0, 0.1) is 55.7 Å². The number of imidazole rings is 3. The van der Waals surface area contributed by atoms with Crippen LogP contribution in [0.2, 0.25) is 0 Å². The van der Waals surface area contributed by atoms with Crippen LogP contribution in [0.4, 0.5) is 71.2 Å². The summed E-state index contributed by atoms with van der Waals surface area (Å²) in [6.07, 6.45) is 7.62. The first-order valence-electron chi connectivity index (χ1n) is 42.8. The van der Waals surface area contributed by atoms with Gasteiger partial charge in [0, 0.05) is 155 Å². The summed E-state index contributed by atoms with van der Waals surface area (Å²) in [7, 11) is 0. The van der Waals surface area contributed by atoms with Gasteiger partial charge in [0.25, 0.3) is 0 Å². The fraction of sp³-hybridized carbons (Fsp3) is 0.440. The van der Waals surface area contributed by atoms with Crippen LogP contribution in [-0.2, 0) is 53.2 Å². The predicted molar refractivity (Wildman–Crippen MR) is 469 cm³/mol. The summed E-state index contributed by atoms with van der Waals surface area (Å²) >= 11 is 0. The fourth-order valence-electron chi connectivity index (χ4n) is 17.0. The Morgan fingerprint density at radius 3 is 1.21 bits per heavy atom. The van der Waals surface area contributed by atoms with E-state index in [-0.39, 0.29) is 118 Å². The number of aryl methyl sites for hydroxylation is 3. The number of nitrogens with zero attached hydrogens (tertiary/aromatic N) is 19. The number of carbonyl (C=O) groups excluding carboxylic acids is 3. The second kappa shape index (κ2) is 38.2. The Kier molecular flexibility index (Phi) is 27.6. The summed E-state index contributed by atoms with van der Waals surface area (Å²) in [5.41, 5.74) is 9.10. The van der Waals surface area contributed by atoms with Crippen LogP contribution < -0.4 is 50.6 Å². The highest BCUT2D eigenvalue weighted by Gasteiger charge is 2.36. The normalized spacial score (nSPS) is 16.5. The van der Waals surface area contributed by atoms with Crippen molar-refractivity contribution in [3.8, 4) is 33.8 Å². The SMILES string of the molecule is CC(C)(C)OC(=O)N1CCC(=O)C1.Cc1nc2c(F)cc(-c3nc(Nc4ccc5c(n4)CCN(C4CCN(C(=O)OC(C)(C)C)C4)C5)ncc3F)cc2n1C(C)C.Cc1nc2c(F)cc(-c3nc(Nc4ccc5c(n4)CCN(C4CCNC4)C5)ncc3F)cc2n1C(C)C.Cc1nc2c(F)cc(-c3nc(Nc4ccc5c(n4)CCNC5)ncc3F)cc2n1C(C)C.[I-]. The number of benzene rings is 3. The standard InChI is InChI=1S/C32H38F2N8O2.C27H30F2N8.C23H23F2N7.C9H15NO3.HI/c1-18(2)42-19(3)36-29-23(33)13-21(14-26(29)42)28-24(34)15-35-30(39-28)38-27-8-7-20-16-40(12-10-25(20)37-27)22-9-11-41(17-22)31(43)44-32(4,5)6;1-15(2)37-16(3)32-26-20(28)10-18(11-23(26)37)25-21(29)13-31-27(35-25)34-24-5-4-17-14-36(9-7-22(17)33-24)19-6-8-30-12-19;1-12(2)32-13(3)28-22-16(24)8-15(9-19(22)32)21-17(25)11-27-23(31-21)30-20-5-4-14-10-26-7-6-18(14)29-20;1-9(2,3)13-8(12)10-5-4-7(11)6-10;/h7-8,13-15,18,22H,9-12,16-17H2,1-6H3,(H,35,37,38,39);4-5,10-11,13,15,19,30H,6-9,12,14H2,1-3H3,(H,31,33,34,35);4-5,8-9,11-12,26H,6-7,10H2,1-3H3,(H,27,29,30,31);4-6H2,1-3H3;1H/p-1. The summed E-state index contributed by atoms with van der Waals surface area (Å²) in [6, 6.07) is 21.7. The third kappa shape index (κ3) is 21.0. The highest BCUT2D eigenvalue weighted by atomic mass is 127. The van der Waals surface area contributed by atoms with Crippen LogP contribution in [0.25, 0.3) is 66.9 Å². The van der Waals surface area contributed by atoms with Crippen LogP contribution in [0.1, 0.15) is 172 Å². The number of pyridine rings is 3. The largest absolute Gasteiger partial charge is 1.00 e. The van der Waals surface area contributed by atoms with Gasteiger partial charge in [-0.2, -0.15) is 0 Å². The monoisotopic (exact) mass is 1860 g/mol. The Hall–Kier alpha value is -11.5. The van der Waals surface area contributed by atoms with Crippen LogP contribution in [-0.4, -0.2) is 193 Å². The van der Waals surface area contributed by atoms with Gasteiger partial charge < -0.3 is 83.5 Å². The molecule has 0 bridgehead atoms. The Balaban J connectivity index is 0.000000145. The van der Waals surface area contributed by atoms with E-state index in [2.05, 4.69) is 92.3 Å². The second-order valence-corrected chi connectivity index (χ2v) is 35.4. The molecule has 9 aromatic heterocycles. The third-order valence-corrected chi connectivity index (χ3v) is 22.7. The molecule has 0 saturated carbocycles. The molecule has 5 N–H and O–H groups in total. The number of hydrogen-bond donors (Lipinski definition) is 5. The van der Waals surface area contributed by atoms with Crippen LogP contribution in [0.5, 0.6) is 0 Å². The minimum Gasteiger partial charge on any atom is -1.00 e. The highest BCUT2D eigenvalue weighted by Crippen LogP contribution is 2.37. The molecule has 127 heavy (non-hydrogen) atoms. The number of aromatic nitrogens is 15. The lowest BCUT2D eigenvalue weighted by molar-refractivity contribution is -0.117. The van der Waals surface area contributed by atoms with Gasteiger partial charge in [0.15, 0.2) is 40.7 Å². The van der Waals surface area contributed by atoms with Crippen LogP contribution in [0.15, 0.2) is 91.4 Å². The Morgan fingerprint density at radius 1 is 0.441 bits per heavy atom. The molecule has 3 saturated heterocycles. The van der Waals surface area contributed by atoms with Gasteiger partial charge in [0.2, 0.25) is 17.8 Å². The molecule has 0 aliphatic carbocycles. The first-order chi connectivity index (χ1) is 60.0. The lowest BCUT2D eigenvalue weighted by Crippen LogP contribution is -3.00. The van der Waals surface area contributed by atoms with Gasteiger partial charge >= 0.3 is 12.2 Å². The number of halogens is 7. The van der Waals surface area contributed by atoms with E-state index in [1.54, 1.807) is 23.1 Å². The highest BCUT2D eigenvalue weighted by molar-refractivity contribution is 5.88. The van der Waals surface area contributed by atoms with Crippen molar-refractivity contribution in [3.63, 3.8) is 0 Å². The van der Waals surface area contributed by atoms with Crippen LogP contribution >= 0.6 is 0 Å². The summed E-state index contributed by atoms with van der Waals surface area (Å²) in [6.45, 7) is 37.8. The maximum absolute atomic E-state index is 15.1. The average Bonchev–Trinajstić information content (AvgIpc) is 1.64. The van der Waals surface area contributed by atoms with Gasteiger partial charge in [-0.15, -0.1) is 0 Å². The first-order valence-corrected chi connectivity index (χ1v) is 42.8. The van der Waals surface area contributed by atoms with E-state index in [9.17, 15) is 36.3 Å². The third-order valence-electron chi connectivity index (χ3n) is 22.7. The zero-order valence-electron chi connectivity index (χ0n) is 74.0. The van der Waals surface area contributed by atoms with E-state index in [0.29, 0.717) is 100 Å². The van der Waals surface area contributed by atoms with Crippen LogP contribution in [0.3, 0.4) is 0 Å². The second-order valence-electron chi connectivity index (χ2n) is 35.4. The molecule has 29 nitrogen and oxygen atoms in total. The van der Waals surface area contributed by atoms with Gasteiger partial charge in [0.1, 0.15) is 79.8 Å². The summed E-state index contributed by atoms with van der Waals surface area (Å²) in [4.78, 5) is 95.6. The Morgan fingerprint density at radius 2 is 0.835 bits per heavy atom. The Bertz CT molecular complexity index is 6120. The van der Waals surface area contributed by atoms with Crippen molar-refractivity contribution >= 4 is 86.4 Å². The topological polar surface area (TPSA) is 312 Å². The van der Waals surface area contributed by atoms with E-state index in [1.807, 2.05) is 148 Å². The molecule has 0 spiro atoms. The molecule has 2 atom stereocenters. The van der Waals surface area contributed by atoms with E-state index < -0.39 is 52.2 Å². The Labute approximate surface area is 749 Å². The number of ketones is 1. The molecule has 670 valence electrons. The van der Waals surface area contributed by atoms with Gasteiger partial charge in [-0.1, -0.05) is 18.2 Å². The predicted octanol–water partition coefficient (Wildman–Crippen LogP) is 13.3. The molecule has 2 unspecified atom stereocenters. The first kappa shape index (κ1) is 91.7. The van der Waals surface area contributed by atoms with Crippen molar-refractivity contribution in [1.82, 2.24) is 104 Å². The molecule has 18 rings (SSSR count). The van der Waals surface area contributed by atoms with Crippen molar-refractivity contribution in [2.45, 2.75) is 203 Å². The molecule has 3 aromatic carbocycles. The number of anilines is 6. The number of nitrogens with one attached hydrogen (secondary N) is 5. The molecule has 36 heteroatoms. The number of likely N-dealkylation sites (tertiary alicyclic amines) is 2. The van der Waals surface area contributed by atoms with Gasteiger partial charge in [-0.05, 0) is 195 Å². The number of hydrogen-bond acceptors (Lipinski definition) is 24. The lowest BCUT2D eigenvalue weighted by Gasteiger charge is -2.33. The number of Topliss-reactive ketones (excluding diaryl/α,β-unsaturated/α-hetero) is 1. The maximum Gasteiger partial charge on any atom is 0.410 e. The lowest BCUT2D eigenvalue weighted by atomic mass is 10.0. The summed E-state index contributed by atoms with van der Waals surface area (Å²) < 4.78 is 106. The zero-order valence-corrected chi connectivity index (χ0v) is 76.1. The van der Waals surface area contributed by atoms with E-state index >= 15 is 4.39 Å². The quantitative estimate of drug-likeness (QED) is 0.0499. The molecule has 0 radical (unpaired) electrons. The summed E-state index contributed by atoms with van der Waals surface area (Å²) in [5.74, 6) is 0.987. The smallest absolute Gasteiger partial charge is 0.410 e. The number of carbonyl (C=O) groups is 3. The number of fused-ring (bicyclic) bond motifs is 6. The maximum atomic E-state index is 15.1. The average molecular weight is 1860 g/mol. The van der Waals surface area contributed by atoms with E-state index in [4.69, 9.17) is 19.4 Å². The molecular formula is C91H106F6IN24O5-. The molecule has 3 fully saturated rings. The number of amides is 2. The van der Waals surface area contributed by atoms with Crippen molar-refractivity contribution in [1.29, 1.82) is 0 Å². The van der Waals surface area contributed by atoms with Crippen molar-refractivity contribution in [2.24, 2.45) is 0 Å².